The van der Waals surface area contributed by atoms with Gasteiger partial charge in [0.1, 0.15) is 11.8 Å². The van der Waals surface area contributed by atoms with Gasteiger partial charge in [-0.1, -0.05) is 44.9 Å². The molecule has 0 saturated carbocycles. The highest BCUT2D eigenvalue weighted by molar-refractivity contribution is 6.05. The second-order valence-electron chi connectivity index (χ2n) is 4.54. The smallest absolute Gasteiger partial charge is 0.255 e. The number of carbonyl (C=O) groups excluding carboxylic acids is 1. The van der Waals surface area contributed by atoms with Crippen LogP contribution in [0.2, 0.25) is 0 Å². The SMILES string of the molecule is CCC(CC)CNC(=O)c1coc2ccccc12. The average Bonchev–Trinajstić information content (AvgIpc) is 2.83. The van der Waals surface area contributed by atoms with E-state index in [2.05, 4.69) is 19.2 Å². The number of hydrogen-bond donors (Lipinski definition) is 1. The van der Waals surface area contributed by atoms with Crippen LogP contribution in [0.1, 0.15) is 37.0 Å². The molecule has 0 fully saturated rings. The number of carbonyl (C=O) groups is 1. The van der Waals surface area contributed by atoms with Gasteiger partial charge in [-0.2, -0.15) is 0 Å². The van der Waals surface area contributed by atoms with E-state index in [4.69, 9.17) is 4.42 Å². The lowest BCUT2D eigenvalue weighted by atomic mass is 10.0. The maximum Gasteiger partial charge on any atom is 0.255 e. The molecule has 3 nitrogen and oxygen atoms in total. The zero-order chi connectivity index (χ0) is 13.0. The molecule has 18 heavy (non-hydrogen) atoms. The molecule has 2 aromatic rings. The maximum atomic E-state index is 12.1. The Bertz CT molecular complexity index is 526. The summed E-state index contributed by atoms with van der Waals surface area (Å²) < 4.78 is 5.37. The highest BCUT2D eigenvalue weighted by atomic mass is 16.3. The van der Waals surface area contributed by atoms with Crippen LogP contribution in [-0.2, 0) is 0 Å². The third-order valence-corrected chi connectivity index (χ3v) is 3.43. The lowest BCUT2D eigenvalue weighted by Crippen LogP contribution is -2.28. The van der Waals surface area contributed by atoms with Gasteiger partial charge in [0.2, 0.25) is 0 Å². The third-order valence-electron chi connectivity index (χ3n) is 3.43. The van der Waals surface area contributed by atoms with E-state index in [-0.39, 0.29) is 5.91 Å². The zero-order valence-electron chi connectivity index (χ0n) is 10.9. The van der Waals surface area contributed by atoms with Gasteiger partial charge < -0.3 is 9.73 Å². The first-order valence-electron chi connectivity index (χ1n) is 6.50. The molecule has 0 bridgehead atoms. The number of fused-ring (bicyclic) bond motifs is 1. The number of amides is 1. The molecule has 0 atom stereocenters. The molecule has 3 heteroatoms. The van der Waals surface area contributed by atoms with Gasteiger partial charge in [-0.3, -0.25) is 4.79 Å². The molecule has 0 radical (unpaired) electrons. The molecule has 0 spiro atoms. The number of furan rings is 1. The minimum atomic E-state index is -0.0492. The Hall–Kier alpha value is -1.77. The summed E-state index contributed by atoms with van der Waals surface area (Å²) >= 11 is 0. The van der Waals surface area contributed by atoms with E-state index in [1.807, 2.05) is 24.3 Å². The van der Waals surface area contributed by atoms with Crippen LogP contribution in [0.15, 0.2) is 34.9 Å². The Kier molecular flexibility index (Phi) is 4.03. The van der Waals surface area contributed by atoms with E-state index in [1.165, 1.54) is 6.26 Å². The van der Waals surface area contributed by atoms with Crippen molar-refractivity contribution < 1.29 is 9.21 Å². The topological polar surface area (TPSA) is 42.2 Å². The molecule has 0 saturated heterocycles. The van der Waals surface area contributed by atoms with E-state index < -0.39 is 0 Å². The second-order valence-corrected chi connectivity index (χ2v) is 4.54. The van der Waals surface area contributed by atoms with Crippen LogP contribution in [0.4, 0.5) is 0 Å². The molecule has 0 aliphatic carbocycles. The summed E-state index contributed by atoms with van der Waals surface area (Å²) in [5.74, 6) is 0.499. The van der Waals surface area contributed by atoms with Crippen molar-refractivity contribution in [2.75, 3.05) is 6.54 Å². The van der Waals surface area contributed by atoms with Crippen LogP contribution in [0.3, 0.4) is 0 Å². The number of benzene rings is 1. The molecule has 96 valence electrons. The Morgan fingerprint density at radius 1 is 1.28 bits per heavy atom. The lowest BCUT2D eigenvalue weighted by Gasteiger charge is -2.12. The van der Waals surface area contributed by atoms with Gasteiger partial charge in [0.05, 0.1) is 5.56 Å². The van der Waals surface area contributed by atoms with Crippen molar-refractivity contribution >= 4 is 16.9 Å². The average molecular weight is 245 g/mol. The summed E-state index contributed by atoms with van der Waals surface area (Å²) in [6.07, 6.45) is 3.71. The predicted octanol–water partition coefficient (Wildman–Crippen LogP) is 3.60. The molecule has 1 heterocycles. The largest absolute Gasteiger partial charge is 0.463 e. The number of para-hydroxylation sites is 1. The summed E-state index contributed by atoms with van der Waals surface area (Å²) in [6, 6.07) is 7.59. The molecule has 0 aliphatic rings. The van der Waals surface area contributed by atoms with Gasteiger partial charge in [-0.25, -0.2) is 0 Å². The van der Waals surface area contributed by atoms with E-state index in [0.717, 1.165) is 30.4 Å². The van der Waals surface area contributed by atoms with Gasteiger partial charge in [0.15, 0.2) is 0 Å². The number of rotatable bonds is 5. The minimum Gasteiger partial charge on any atom is -0.463 e. The van der Waals surface area contributed by atoms with Crippen molar-refractivity contribution in [2.24, 2.45) is 5.92 Å². The minimum absolute atomic E-state index is 0.0492. The Morgan fingerprint density at radius 2 is 2.00 bits per heavy atom. The fourth-order valence-corrected chi connectivity index (χ4v) is 2.06. The van der Waals surface area contributed by atoms with Gasteiger partial charge in [-0.05, 0) is 12.0 Å². The van der Waals surface area contributed by atoms with Crippen molar-refractivity contribution in [1.29, 1.82) is 0 Å². The predicted molar refractivity (Wildman–Crippen MR) is 72.6 cm³/mol. The number of hydrogen-bond acceptors (Lipinski definition) is 2. The summed E-state index contributed by atoms with van der Waals surface area (Å²) in [5.41, 5.74) is 1.38. The van der Waals surface area contributed by atoms with E-state index in [1.54, 1.807) is 0 Å². The Morgan fingerprint density at radius 3 is 2.72 bits per heavy atom. The van der Waals surface area contributed by atoms with Crippen molar-refractivity contribution in [3.63, 3.8) is 0 Å². The monoisotopic (exact) mass is 245 g/mol. The first-order valence-corrected chi connectivity index (χ1v) is 6.50. The van der Waals surface area contributed by atoms with Crippen LogP contribution in [0, 0.1) is 5.92 Å². The van der Waals surface area contributed by atoms with Gasteiger partial charge in [-0.15, -0.1) is 0 Å². The molecule has 1 aromatic heterocycles. The quantitative estimate of drug-likeness (QED) is 0.874. The zero-order valence-corrected chi connectivity index (χ0v) is 10.9. The fourth-order valence-electron chi connectivity index (χ4n) is 2.06. The molecule has 1 amide bonds. The Labute approximate surface area is 107 Å². The molecule has 0 unspecified atom stereocenters. The molecule has 2 rings (SSSR count). The van der Waals surface area contributed by atoms with E-state index >= 15 is 0 Å². The summed E-state index contributed by atoms with van der Waals surface area (Å²) in [6.45, 7) is 5.02. The third kappa shape index (κ3) is 2.55. The van der Waals surface area contributed by atoms with E-state index in [9.17, 15) is 4.79 Å². The van der Waals surface area contributed by atoms with E-state index in [0.29, 0.717) is 11.5 Å². The van der Waals surface area contributed by atoms with Gasteiger partial charge >= 0.3 is 0 Å². The highest BCUT2D eigenvalue weighted by Crippen LogP contribution is 2.20. The summed E-state index contributed by atoms with van der Waals surface area (Å²) in [4.78, 5) is 12.1. The maximum absolute atomic E-state index is 12.1. The molecule has 0 aliphatic heterocycles. The molecular formula is C15H19NO2. The fraction of sp³-hybridized carbons (Fsp3) is 0.400. The Balaban J connectivity index is 2.09. The van der Waals surface area contributed by atoms with Gasteiger partial charge in [0.25, 0.3) is 5.91 Å². The first kappa shape index (κ1) is 12.7. The summed E-state index contributed by atoms with van der Waals surface area (Å²) in [7, 11) is 0. The summed E-state index contributed by atoms with van der Waals surface area (Å²) in [5, 5.41) is 3.85. The molecular weight excluding hydrogens is 226 g/mol. The standard InChI is InChI=1S/C15H19NO2/c1-3-11(4-2)9-16-15(17)13-10-18-14-8-6-5-7-12(13)14/h5-8,10-11H,3-4,9H2,1-2H3,(H,16,17). The second kappa shape index (κ2) is 5.71. The van der Waals surface area contributed by atoms with Gasteiger partial charge in [0, 0.05) is 11.9 Å². The van der Waals surface area contributed by atoms with Crippen LogP contribution < -0.4 is 5.32 Å². The molecule has 1 aromatic carbocycles. The number of nitrogens with one attached hydrogen (secondary N) is 1. The van der Waals surface area contributed by atoms with Crippen LogP contribution in [-0.4, -0.2) is 12.5 Å². The molecule has 1 N–H and O–H groups in total. The highest BCUT2D eigenvalue weighted by Gasteiger charge is 2.14. The van der Waals surface area contributed by atoms with Crippen molar-refractivity contribution in [1.82, 2.24) is 5.32 Å². The van der Waals surface area contributed by atoms with Crippen LogP contribution >= 0.6 is 0 Å². The van der Waals surface area contributed by atoms with Crippen molar-refractivity contribution in [3.05, 3.63) is 36.1 Å². The first-order chi connectivity index (χ1) is 8.76. The van der Waals surface area contributed by atoms with Crippen molar-refractivity contribution in [2.45, 2.75) is 26.7 Å². The van der Waals surface area contributed by atoms with Crippen LogP contribution in [0.25, 0.3) is 11.0 Å². The van der Waals surface area contributed by atoms with Crippen molar-refractivity contribution in [3.8, 4) is 0 Å². The van der Waals surface area contributed by atoms with Crippen LogP contribution in [0.5, 0.6) is 0 Å². The lowest BCUT2D eigenvalue weighted by molar-refractivity contribution is 0.0947. The normalized spacial score (nSPS) is 11.1.